The Morgan fingerprint density at radius 3 is 2.42 bits per heavy atom. The number of hydrogen-bond acceptors (Lipinski definition) is 4. The van der Waals surface area contributed by atoms with Gasteiger partial charge in [0.05, 0.1) is 6.54 Å². The summed E-state index contributed by atoms with van der Waals surface area (Å²) in [7, 11) is 0. The van der Waals surface area contributed by atoms with Gasteiger partial charge < -0.3 is 15.4 Å². The van der Waals surface area contributed by atoms with E-state index in [0.29, 0.717) is 18.6 Å². The Morgan fingerprint density at radius 2 is 1.79 bits per heavy atom. The lowest BCUT2D eigenvalue weighted by atomic mass is 9.95. The lowest BCUT2D eigenvalue weighted by molar-refractivity contribution is -0.121. The van der Waals surface area contributed by atoms with Crippen LogP contribution in [0.4, 0.5) is 0 Å². The van der Waals surface area contributed by atoms with Crippen molar-refractivity contribution in [1.29, 1.82) is 0 Å². The Labute approximate surface area is 120 Å². The summed E-state index contributed by atoms with van der Waals surface area (Å²) in [6, 6.07) is 0.846. The zero-order chi connectivity index (χ0) is 13.5. The minimum Gasteiger partial charge on any atom is -0.381 e. The van der Waals surface area contributed by atoms with E-state index in [9.17, 15) is 4.79 Å². The number of hydrogen-bond donors (Lipinski definition) is 2. The fraction of sp³-hybridized carbons (Fsp3) is 0.929. The molecular weight excluding hydrogens is 260 g/mol. The highest BCUT2D eigenvalue weighted by molar-refractivity contribution is 7.99. The molecule has 1 heterocycles. The molecule has 1 saturated carbocycles. The van der Waals surface area contributed by atoms with Gasteiger partial charge in [-0.25, -0.2) is 0 Å². The molecule has 0 radical (unpaired) electrons. The van der Waals surface area contributed by atoms with Gasteiger partial charge >= 0.3 is 0 Å². The number of thioether (sulfide) groups is 1. The summed E-state index contributed by atoms with van der Waals surface area (Å²) in [6.45, 7) is 2.01. The molecule has 19 heavy (non-hydrogen) atoms. The molecule has 2 N–H and O–H groups in total. The maximum absolute atomic E-state index is 11.9. The smallest absolute Gasteiger partial charge is 0.234 e. The van der Waals surface area contributed by atoms with Crippen molar-refractivity contribution >= 4 is 17.7 Å². The van der Waals surface area contributed by atoms with E-state index in [0.717, 1.165) is 31.3 Å². The summed E-state index contributed by atoms with van der Waals surface area (Å²) in [4.78, 5) is 11.9. The highest BCUT2D eigenvalue weighted by Crippen LogP contribution is 2.26. The molecule has 0 aromatic heterocycles. The van der Waals surface area contributed by atoms with Gasteiger partial charge in [0.25, 0.3) is 0 Å². The van der Waals surface area contributed by atoms with Gasteiger partial charge in [-0.3, -0.25) is 4.79 Å². The van der Waals surface area contributed by atoms with Crippen LogP contribution < -0.4 is 10.6 Å². The standard InChI is InChI=1S/C14H26N2O2S/c1-19-13-4-2-11(3-5-13)15-10-14(17)16-12-6-8-18-9-7-12/h11-13,15H,2-10H2,1H3,(H,16,17). The highest BCUT2D eigenvalue weighted by Gasteiger charge is 2.21. The van der Waals surface area contributed by atoms with E-state index < -0.39 is 0 Å². The van der Waals surface area contributed by atoms with Crippen LogP contribution in [0.5, 0.6) is 0 Å². The van der Waals surface area contributed by atoms with Crippen LogP contribution in [-0.4, -0.2) is 49.3 Å². The van der Waals surface area contributed by atoms with E-state index in [2.05, 4.69) is 16.9 Å². The van der Waals surface area contributed by atoms with Crippen LogP contribution in [0.2, 0.25) is 0 Å². The Morgan fingerprint density at radius 1 is 1.11 bits per heavy atom. The third-order valence-electron chi connectivity index (χ3n) is 4.15. The minimum absolute atomic E-state index is 0.138. The van der Waals surface area contributed by atoms with Gasteiger partial charge in [0.15, 0.2) is 0 Å². The van der Waals surface area contributed by atoms with Crippen LogP contribution in [0, 0.1) is 0 Å². The van der Waals surface area contributed by atoms with E-state index in [-0.39, 0.29) is 5.91 Å². The maximum Gasteiger partial charge on any atom is 0.234 e. The van der Waals surface area contributed by atoms with Crippen LogP contribution in [0.25, 0.3) is 0 Å². The largest absolute Gasteiger partial charge is 0.381 e. The zero-order valence-corrected chi connectivity index (χ0v) is 12.6. The molecule has 4 nitrogen and oxygen atoms in total. The molecule has 1 saturated heterocycles. The summed E-state index contributed by atoms with van der Waals surface area (Å²) >= 11 is 1.98. The van der Waals surface area contributed by atoms with Crippen LogP contribution in [0.3, 0.4) is 0 Å². The summed E-state index contributed by atoms with van der Waals surface area (Å²) in [6.07, 6.45) is 9.06. The molecule has 0 atom stereocenters. The topological polar surface area (TPSA) is 50.4 Å². The van der Waals surface area contributed by atoms with Gasteiger partial charge in [0.1, 0.15) is 0 Å². The molecule has 110 valence electrons. The number of nitrogens with one attached hydrogen (secondary N) is 2. The van der Waals surface area contributed by atoms with Crippen molar-refractivity contribution in [2.24, 2.45) is 0 Å². The normalized spacial score (nSPS) is 29.1. The fourth-order valence-electron chi connectivity index (χ4n) is 2.86. The van der Waals surface area contributed by atoms with Crippen molar-refractivity contribution in [3.63, 3.8) is 0 Å². The first-order valence-corrected chi connectivity index (χ1v) is 8.70. The number of amides is 1. The predicted molar refractivity (Wildman–Crippen MR) is 79.5 cm³/mol. The van der Waals surface area contributed by atoms with Crippen LogP contribution in [-0.2, 0) is 9.53 Å². The molecule has 5 heteroatoms. The average molecular weight is 286 g/mol. The molecule has 0 aromatic rings. The van der Waals surface area contributed by atoms with E-state index in [1.165, 1.54) is 25.7 Å². The number of ether oxygens (including phenoxy) is 1. The molecule has 1 aliphatic heterocycles. The van der Waals surface area contributed by atoms with Crippen molar-refractivity contribution in [3.05, 3.63) is 0 Å². The number of carbonyl (C=O) groups is 1. The second kappa shape index (κ2) is 8.12. The molecule has 1 amide bonds. The third-order valence-corrected chi connectivity index (χ3v) is 5.28. The summed E-state index contributed by atoms with van der Waals surface area (Å²) in [5.74, 6) is 0.138. The highest BCUT2D eigenvalue weighted by atomic mass is 32.2. The quantitative estimate of drug-likeness (QED) is 0.805. The van der Waals surface area contributed by atoms with E-state index in [4.69, 9.17) is 4.74 Å². The molecule has 2 aliphatic rings. The SMILES string of the molecule is CSC1CCC(NCC(=O)NC2CCOCC2)CC1. The molecule has 2 rings (SSSR count). The summed E-state index contributed by atoms with van der Waals surface area (Å²) in [5.41, 5.74) is 0. The first-order chi connectivity index (χ1) is 9.28. The van der Waals surface area contributed by atoms with E-state index in [1.807, 2.05) is 11.8 Å². The average Bonchev–Trinajstić information content (AvgIpc) is 2.47. The molecule has 0 unspecified atom stereocenters. The Kier molecular flexibility index (Phi) is 6.47. The Bertz CT molecular complexity index is 275. The third kappa shape index (κ3) is 5.32. The van der Waals surface area contributed by atoms with Crippen molar-refractivity contribution in [2.45, 2.75) is 55.9 Å². The molecule has 0 aromatic carbocycles. The van der Waals surface area contributed by atoms with Crippen molar-refractivity contribution in [1.82, 2.24) is 10.6 Å². The predicted octanol–water partition coefficient (Wildman–Crippen LogP) is 1.55. The van der Waals surface area contributed by atoms with Gasteiger partial charge in [-0.15, -0.1) is 0 Å². The fourth-order valence-corrected chi connectivity index (χ4v) is 3.60. The van der Waals surface area contributed by atoms with Gasteiger partial charge in [-0.1, -0.05) is 0 Å². The second-order valence-electron chi connectivity index (χ2n) is 5.54. The van der Waals surface area contributed by atoms with Gasteiger partial charge in [0, 0.05) is 30.5 Å². The van der Waals surface area contributed by atoms with Crippen molar-refractivity contribution in [3.8, 4) is 0 Å². The van der Waals surface area contributed by atoms with E-state index >= 15 is 0 Å². The monoisotopic (exact) mass is 286 g/mol. The van der Waals surface area contributed by atoms with E-state index in [1.54, 1.807) is 0 Å². The second-order valence-corrected chi connectivity index (χ2v) is 6.68. The Hall–Kier alpha value is -0.260. The number of rotatable bonds is 5. The lowest BCUT2D eigenvalue weighted by Gasteiger charge is -2.28. The van der Waals surface area contributed by atoms with Crippen LogP contribution in [0.1, 0.15) is 38.5 Å². The zero-order valence-electron chi connectivity index (χ0n) is 11.8. The van der Waals surface area contributed by atoms with Crippen LogP contribution >= 0.6 is 11.8 Å². The number of carbonyl (C=O) groups excluding carboxylic acids is 1. The first kappa shape index (κ1) is 15.1. The van der Waals surface area contributed by atoms with Gasteiger partial charge in [-0.05, 0) is 44.8 Å². The minimum atomic E-state index is 0.138. The molecular formula is C14H26N2O2S. The molecule has 2 fully saturated rings. The van der Waals surface area contributed by atoms with Gasteiger partial charge in [0.2, 0.25) is 5.91 Å². The Balaban J connectivity index is 1.58. The molecule has 1 aliphatic carbocycles. The first-order valence-electron chi connectivity index (χ1n) is 7.41. The van der Waals surface area contributed by atoms with Gasteiger partial charge in [-0.2, -0.15) is 11.8 Å². The summed E-state index contributed by atoms with van der Waals surface area (Å²) in [5, 5.41) is 7.32. The van der Waals surface area contributed by atoms with Crippen molar-refractivity contribution < 1.29 is 9.53 Å². The molecule has 0 bridgehead atoms. The van der Waals surface area contributed by atoms with Crippen molar-refractivity contribution in [2.75, 3.05) is 26.0 Å². The maximum atomic E-state index is 11.9. The molecule has 0 spiro atoms. The summed E-state index contributed by atoms with van der Waals surface area (Å²) < 4.78 is 5.29. The van der Waals surface area contributed by atoms with Crippen LogP contribution in [0.15, 0.2) is 0 Å². The lowest BCUT2D eigenvalue weighted by Crippen LogP contribution is -2.45.